The SMILES string of the molecule is Cc1cccc(CO)c1OCc1cc(F)cc(Br)c1. The molecule has 0 heterocycles. The van der Waals surface area contributed by atoms with Crippen molar-refractivity contribution >= 4 is 15.9 Å². The van der Waals surface area contributed by atoms with Crippen LogP contribution in [-0.4, -0.2) is 5.11 Å². The van der Waals surface area contributed by atoms with Gasteiger partial charge in [-0.15, -0.1) is 0 Å². The summed E-state index contributed by atoms with van der Waals surface area (Å²) in [6.07, 6.45) is 0. The lowest BCUT2D eigenvalue weighted by Gasteiger charge is -2.13. The van der Waals surface area contributed by atoms with Crippen molar-refractivity contribution in [3.8, 4) is 5.75 Å². The Balaban J connectivity index is 2.18. The highest BCUT2D eigenvalue weighted by Gasteiger charge is 2.07. The second-order valence-corrected chi connectivity index (χ2v) is 5.20. The third-order valence-corrected chi connectivity index (χ3v) is 3.23. The maximum Gasteiger partial charge on any atom is 0.128 e. The third-order valence-electron chi connectivity index (χ3n) is 2.77. The Bertz CT molecular complexity index is 564. The smallest absolute Gasteiger partial charge is 0.128 e. The van der Waals surface area contributed by atoms with Crippen molar-refractivity contribution in [3.05, 3.63) is 63.4 Å². The van der Waals surface area contributed by atoms with Crippen LogP contribution in [0.15, 0.2) is 40.9 Å². The second-order valence-electron chi connectivity index (χ2n) is 4.29. The van der Waals surface area contributed by atoms with Crippen molar-refractivity contribution in [1.29, 1.82) is 0 Å². The van der Waals surface area contributed by atoms with Gasteiger partial charge in [0.2, 0.25) is 0 Å². The zero-order valence-corrected chi connectivity index (χ0v) is 12.1. The molecule has 2 aromatic carbocycles. The number of aliphatic hydroxyl groups excluding tert-OH is 1. The molecule has 0 amide bonds. The first kappa shape index (κ1) is 14.0. The quantitative estimate of drug-likeness (QED) is 0.922. The average Bonchev–Trinajstić information content (AvgIpc) is 2.36. The van der Waals surface area contributed by atoms with E-state index in [0.29, 0.717) is 10.2 Å². The molecule has 2 aromatic rings. The molecule has 0 aliphatic rings. The fourth-order valence-corrected chi connectivity index (χ4v) is 2.41. The summed E-state index contributed by atoms with van der Waals surface area (Å²) >= 11 is 3.25. The molecule has 1 N–H and O–H groups in total. The van der Waals surface area contributed by atoms with Crippen LogP contribution in [0.25, 0.3) is 0 Å². The number of aliphatic hydroxyl groups is 1. The number of benzene rings is 2. The minimum absolute atomic E-state index is 0.0795. The molecule has 100 valence electrons. The molecule has 19 heavy (non-hydrogen) atoms. The molecule has 2 nitrogen and oxygen atoms in total. The van der Waals surface area contributed by atoms with Gasteiger partial charge in [0.15, 0.2) is 0 Å². The summed E-state index contributed by atoms with van der Waals surface area (Å²) in [6.45, 7) is 2.09. The highest BCUT2D eigenvalue weighted by Crippen LogP contribution is 2.25. The summed E-state index contributed by atoms with van der Waals surface area (Å²) in [6, 6.07) is 10.2. The van der Waals surface area contributed by atoms with Crippen LogP contribution in [0.3, 0.4) is 0 Å². The summed E-state index contributed by atoms with van der Waals surface area (Å²) in [5.41, 5.74) is 2.41. The lowest BCUT2D eigenvalue weighted by molar-refractivity contribution is 0.258. The molecular formula is C15H14BrFO2. The highest BCUT2D eigenvalue weighted by molar-refractivity contribution is 9.10. The Morgan fingerprint density at radius 2 is 2.05 bits per heavy atom. The van der Waals surface area contributed by atoms with E-state index >= 15 is 0 Å². The molecule has 0 unspecified atom stereocenters. The van der Waals surface area contributed by atoms with E-state index < -0.39 is 0 Å². The van der Waals surface area contributed by atoms with Gasteiger partial charge in [0, 0.05) is 10.0 Å². The number of ether oxygens (including phenoxy) is 1. The number of hydrogen-bond acceptors (Lipinski definition) is 2. The molecule has 4 heteroatoms. The highest BCUT2D eigenvalue weighted by atomic mass is 79.9. The summed E-state index contributed by atoms with van der Waals surface area (Å²) in [5, 5.41) is 9.28. The fourth-order valence-electron chi connectivity index (χ4n) is 1.89. The molecule has 0 radical (unpaired) electrons. The predicted molar refractivity (Wildman–Crippen MR) is 75.5 cm³/mol. The van der Waals surface area contributed by atoms with Crippen LogP contribution in [0, 0.1) is 12.7 Å². The van der Waals surface area contributed by atoms with Crippen LogP contribution in [0.2, 0.25) is 0 Å². The van der Waals surface area contributed by atoms with E-state index in [2.05, 4.69) is 15.9 Å². The second kappa shape index (κ2) is 6.17. The van der Waals surface area contributed by atoms with Crippen LogP contribution in [0.4, 0.5) is 4.39 Å². The van der Waals surface area contributed by atoms with Crippen molar-refractivity contribution in [2.24, 2.45) is 0 Å². The van der Waals surface area contributed by atoms with Crippen LogP contribution >= 0.6 is 15.9 Å². The Morgan fingerprint density at radius 1 is 1.26 bits per heavy atom. The van der Waals surface area contributed by atoms with Crippen molar-refractivity contribution in [1.82, 2.24) is 0 Å². The first-order chi connectivity index (χ1) is 9.10. The van der Waals surface area contributed by atoms with E-state index in [1.165, 1.54) is 12.1 Å². The molecule has 0 saturated carbocycles. The number of para-hydroxylation sites is 1. The number of halogens is 2. The van der Waals surface area contributed by atoms with E-state index in [4.69, 9.17) is 4.74 Å². The fraction of sp³-hybridized carbons (Fsp3) is 0.200. The van der Waals surface area contributed by atoms with Crippen molar-refractivity contribution < 1.29 is 14.2 Å². The van der Waals surface area contributed by atoms with Gasteiger partial charge in [0.1, 0.15) is 18.2 Å². The molecule has 0 saturated heterocycles. The first-order valence-corrected chi connectivity index (χ1v) is 6.66. The van der Waals surface area contributed by atoms with Gasteiger partial charge in [-0.25, -0.2) is 4.39 Å². The van der Waals surface area contributed by atoms with Crippen LogP contribution < -0.4 is 4.74 Å². The number of aryl methyl sites for hydroxylation is 1. The molecule has 2 rings (SSSR count). The van der Waals surface area contributed by atoms with Crippen molar-refractivity contribution in [3.63, 3.8) is 0 Å². The largest absolute Gasteiger partial charge is 0.488 e. The van der Waals surface area contributed by atoms with Gasteiger partial charge >= 0.3 is 0 Å². The van der Waals surface area contributed by atoms with Gasteiger partial charge in [-0.3, -0.25) is 0 Å². The number of hydrogen-bond donors (Lipinski definition) is 1. The van der Waals surface area contributed by atoms with Gasteiger partial charge in [-0.2, -0.15) is 0 Å². The zero-order chi connectivity index (χ0) is 13.8. The normalized spacial score (nSPS) is 10.5. The molecular weight excluding hydrogens is 311 g/mol. The van der Waals surface area contributed by atoms with Crippen molar-refractivity contribution in [2.75, 3.05) is 0 Å². The summed E-state index contributed by atoms with van der Waals surface area (Å²) in [4.78, 5) is 0. The van der Waals surface area contributed by atoms with Gasteiger partial charge in [0.25, 0.3) is 0 Å². The van der Waals surface area contributed by atoms with E-state index in [1.807, 2.05) is 25.1 Å². The molecule has 0 aromatic heterocycles. The topological polar surface area (TPSA) is 29.5 Å². The average molecular weight is 325 g/mol. The molecule has 0 bridgehead atoms. The van der Waals surface area contributed by atoms with E-state index in [1.54, 1.807) is 6.07 Å². The summed E-state index contributed by atoms with van der Waals surface area (Å²) in [5.74, 6) is 0.352. The zero-order valence-electron chi connectivity index (χ0n) is 10.5. The predicted octanol–water partition coefficient (Wildman–Crippen LogP) is 3.97. The maximum absolute atomic E-state index is 13.3. The van der Waals surface area contributed by atoms with Gasteiger partial charge < -0.3 is 9.84 Å². The van der Waals surface area contributed by atoms with E-state index in [9.17, 15) is 9.50 Å². The Hall–Kier alpha value is -1.39. The maximum atomic E-state index is 13.3. The molecule has 0 atom stereocenters. The van der Waals surface area contributed by atoms with Crippen molar-refractivity contribution in [2.45, 2.75) is 20.1 Å². The van der Waals surface area contributed by atoms with Gasteiger partial charge in [-0.1, -0.05) is 34.1 Å². The lowest BCUT2D eigenvalue weighted by atomic mass is 10.1. The Kier molecular flexibility index (Phi) is 4.56. The van der Waals surface area contributed by atoms with E-state index in [-0.39, 0.29) is 19.0 Å². The summed E-state index contributed by atoms with van der Waals surface area (Å²) in [7, 11) is 0. The molecule has 0 spiro atoms. The van der Waals surface area contributed by atoms with Crippen LogP contribution in [0.5, 0.6) is 5.75 Å². The lowest BCUT2D eigenvalue weighted by Crippen LogP contribution is -2.01. The monoisotopic (exact) mass is 324 g/mol. The minimum atomic E-state index is -0.305. The van der Waals surface area contributed by atoms with Crippen LogP contribution in [0.1, 0.15) is 16.7 Å². The molecule has 0 aliphatic heterocycles. The van der Waals surface area contributed by atoms with Gasteiger partial charge in [-0.05, 0) is 36.2 Å². The third kappa shape index (κ3) is 3.55. The standard InChI is InChI=1S/C15H14BrFO2/c1-10-3-2-4-12(8-18)15(10)19-9-11-5-13(16)7-14(17)6-11/h2-7,18H,8-9H2,1H3. The minimum Gasteiger partial charge on any atom is -0.488 e. The Labute approximate surface area is 120 Å². The number of rotatable bonds is 4. The van der Waals surface area contributed by atoms with Crippen LogP contribution in [-0.2, 0) is 13.2 Å². The van der Waals surface area contributed by atoms with E-state index in [0.717, 1.165) is 16.7 Å². The summed E-state index contributed by atoms with van der Waals surface area (Å²) < 4.78 is 19.6. The first-order valence-electron chi connectivity index (χ1n) is 5.87. The molecule has 0 fully saturated rings. The van der Waals surface area contributed by atoms with Gasteiger partial charge in [0.05, 0.1) is 6.61 Å². The molecule has 0 aliphatic carbocycles. The Morgan fingerprint density at radius 3 is 2.74 bits per heavy atom.